The van der Waals surface area contributed by atoms with Crippen molar-refractivity contribution >= 4 is 12.1 Å². The number of fused-ring (bicyclic) bond motifs is 1. The van der Waals surface area contributed by atoms with Crippen molar-refractivity contribution in [3.63, 3.8) is 0 Å². The van der Waals surface area contributed by atoms with Gasteiger partial charge in [0.2, 0.25) is 5.95 Å². The molecule has 0 unspecified atom stereocenters. The lowest BCUT2D eigenvalue weighted by Crippen LogP contribution is -2.26. The van der Waals surface area contributed by atoms with Crippen LogP contribution in [0, 0.1) is 0 Å². The quantitative estimate of drug-likeness (QED) is 0.542. The van der Waals surface area contributed by atoms with Gasteiger partial charge >= 0.3 is 0 Å². The lowest BCUT2D eigenvalue weighted by atomic mass is 10.3. The first kappa shape index (κ1) is 6.39. The maximum absolute atomic E-state index is 4.11. The first-order valence-corrected chi connectivity index (χ1v) is 3.55. The fourth-order valence-electron chi connectivity index (χ4n) is 1.30. The summed E-state index contributed by atoms with van der Waals surface area (Å²) in [5.41, 5.74) is 1.30. The molecule has 0 fully saturated rings. The Morgan fingerprint density at radius 3 is 3.18 bits per heavy atom. The molecule has 2 rings (SSSR count). The van der Waals surface area contributed by atoms with E-state index >= 15 is 0 Å². The predicted octanol–water partition coefficient (Wildman–Crippen LogP) is 0.589. The molecule has 0 saturated heterocycles. The molecule has 1 aliphatic rings. The molecular weight excluding hydrogens is 140 g/mol. The van der Waals surface area contributed by atoms with Crippen molar-refractivity contribution in [2.75, 3.05) is 18.5 Å². The summed E-state index contributed by atoms with van der Waals surface area (Å²) in [5, 5.41) is 4.05. The van der Waals surface area contributed by atoms with Crippen LogP contribution in [0.5, 0.6) is 0 Å². The second-order valence-corrected chi connectivity index (χ2v) is 2.84. The Kier molecular flexibility index (Phi) is 1.21. The fraction of sp³-hybridized carbons (Fsp3) is 0.429. The largest absolute Gasteiger partial charge is 0.340 e. The molecule has 0 amide bonds. The number of hydrogen-bond donors (Lipinski definition) is 0. The van der Waals surface area contributed by atoms with E-state index in [1.165, 1.54) is 5.57 Å². The maximum atomic E-state index is 4.11. The monoisotopic (exact) mass is 150 g/mol. The molecule has 4 heteroatoms. The van der Waals surface area contributed by atoms with Gasteiger partial charge in [0, 0.05) is 19.8 Å². The summed E-state index contributed by atoms with van der Waals surface area (Å²) in [6, 6.07) is 0. The van der Waals surface area contributed by atoms with Gasteiger partial charge in [0.15, 0.2) is 0 Å². The number of aromatic nitrogens is 3. The molecule has 1 aromatic rings. The van der Waals surface area contributed by atoms with Gasteiger partial charge in [-0.3, -0.25) is 0 Å². The van der Waals surface area contributed by atoms with Crippen molar-refractivity contribution in [2.45, 2.75) is 6.92 Å². The van der Waals surface area contributed by atoms with Crippen LogP contribution in [0.15, 0.2) is 11.9 Å². The molecule has 2 heterocycles. The van der Waals surface area contributed by atoms with E-state index in [1.807, 2.05) is 13.2 Å². The maximum Gasteiger partial charge on any atom is 0.228 e. The Morgan fingerprint density at radius 2 is 2.36 bits per heavy atom. The van der Waals surface area contributed by atoms with Gasteiger partial charge in [0.1, 0.15) is 6.33 Å². The zero-order valence-corrected chi connectivity index (χ0v) is 6.65. The highest BCUT2D eigenvalue weighted by Gasteiger charge is 2.13. The van der Waals surface area contributed by atoms with Crippen LogP contribution in [-0.2, 0) is 0 Å². The highest BCUT2D eigenvalue weighted by molar-refractivity contribution is 5.47. The fourth-order valence-corrected chi connectivity index (χ4v) is 1.30. The molecule has 0 spiro atoms. The second kappa shape index (κ2) is 2.08. The zero-order chi connectivity index (χ0) is 7.84. The lowest BCUT2D eigenvalue weighted by molar-refractivity contribution is 0.819. The summed E-state index contributed by atoms with van der Waals surface area (Å²) < 4.78 is 1.79. The summed E-state index contributed by atoms with van der Waals surface area (Å²) in [7, 11) is 2.01. The molecule has 0 N–H and O–H groups in total. The van der Waals surface area contributed by atoms with Gasteiger partial charge < -0.3 is 4.90 Å². The third-order valence-corrected chi connectivity index (χ3v) is 1.72. The summed E-state index contributed by atoms with van der Waals surface area (Å²) in [4.78, 5) is 6.18. The molecule has 1 aliphatic heterocycles. The number of anilines is 1. The minimum absolute atomic E-state index is 0.913. The lowest BCUT2D eigenvalue weighted by Gasteiger charge is -2.21. The minimum Gasteiger partial charge on any atom is -0.340 e. The van der Waals surface area contributed by atoms with Crippen molar-refractivity contribution in [1.29, 1.82) is 0 Å². The third kappa shape index (κ3) is 0.906. The third-order valence-electron chi connectivity index (χ3n) is 1.72. The zero-order valence-electron chi connectivity index (χ0n) is 6.65. The van der Waals surface area contributed by atoms with Gasteiger partial charge in [-0.05, 0) is 12.5 Å². The smallest absolute Gasteiger partial charge is 0.228 e. The topological polar surface area (TPSA) is 34.0 Å². The van der Waals surface area contributed by atoms with Crippen molar-refractivity contribution in [3.8, 4) is 0 Å². The minimum atomic E-state index is 0.913. The van der Waals surface area contributed by atoms with Gasteiger partial charge in [-0.2, -0.15) is 10.1 Å². The standard InChI is InChI=1S/C7H10N4/c1-6-3-10(2)7-8-5-9-11(7)4-6/h4-5H,3H2,1-2H3. The van der Waals surface area contributed by atoms with Crippen molar-refractivity contribution in [3.05, 3.63) is 11.9 Å². The summed E-state index contributed by atoms with van der Waals surface area (Å²) >= 11 is 0. The van der Waals surface area contributed by atoms with Crippen LogP contribution in [0.1, 0.15) is 6.92 Å². The Hall–Kier alpha value is -1.32. The molecule has 0 radical (unpaired) electrons. The first-order valence-electron chi connectivity index (χ1n) is 3.55. The van der Waals surface area contributed by atoms with Crippen LogP contribution in [0.2, 0.25) is 0 Å². The van der Waals surface area contributed by atoms with E-state index in [9.17, 15) is 0 Å². The van der Waals surface area contributed by atoms with Crippen molar-refractivity contribution in [2.24, 2.45) is 0 Å². The molecule has 0 aromatic carbocycles. The summed E-state index contributed by atoms with van der Waals surface area (Å²) in [6.45, 7) is 3.03. The number of nitrogens with zero attached hydrogens (tertiary/aromatic N) is 4. The molecule has 0 atom stereocenters. The Bertz CT molecular complexity index is 299. The molecular formula is C7H10N4. The second-order valence-electron chi connectivity index (χ2n) is 2.84. The van der Waals surface area contributed by atoms with E-state index in [0.717, 1.165) is 12.5 Å². The Balaban J connectivity index is 2.51. The SMILES string of the molecule is CC1=Cn2ncnc2N(C)C1. The van der Waals surface area contributed by atoms with Crippen molar-refractivity contribution < 1.29 is 0 Å². The average molecular weight is 150 g/mol. The van der Waals surface area contributed by atoms with Gasteiger partial charge in [-0.25, -0.2) is 4.68 Å². The van der Waals surface area contributed by atoms with E-state index in [-0.39, 0.29) is 0 Å². The van der Waals surface area contributed by atoms with Crippen LogP contribution in [0.4, 0.5) is 5.95 Å². The average Bonchev–Trinajstić information content (AvgIpc) is 2.34. The van der Waals surface area contributed by atoms with E-state index in [0.29, 0.717) is 0 Å². The van der Waals surface area contributed by atoms with Crippen LogP contribution in [-0.4, -0.2) is 28.4 Å². The van der Waals surface area contributed by atoms with Crippen LogP contribution >= 0.6 is 0 Å². The van der Waals surface area contributed by atoms with E-state index in [4.69, 9.17) is 0 Å². The molecule has 1 aromatic heterocycles. The van der Waals surface area contributed by atoms with E-state index in [1.54, 1.807) is 11.0 Å². The molecule has 11 heavy (non-hydrogen) atoms. The molecule has 0 saturated carbocycles. The number of hydrogen-bond acceptors (Lipinski definition) is 3. The van der Waals surface area contributed by atoms with E-state index < -0.39 is 0 Å². The van der Waals surface area contributed by atoms with Gasteiger partial charge in [-0.15, -0.1) is 0 Å². The van der Waals surface area contributed by atoms with Crippen LogP contribution in [0.25, 0.3) is 6.20 Å². The van der Waals surface area contributed by atoms with Crippen LogP contribution < -0.4 is 4.90 Å². The molecule has 0 aliphatic carbocycles. The van der Waals surface area contributed by atoms with Crippen LogP contribution in [0.3, 0.4) is 0 Å². The van der Waals surface area contributed by atoms with Gasteiger partial charge in [-0.1, -0.05) is 0 Å². The predicted molar refractivity (Wildman–Crippen MR) is 43.2 cm³/mol. The normalized spacial score (nSPS) is 16.2. The van der Waals surface area contributed by atoms with Gasteiger partial charge in [0.05, 0.1) is 0 Å². The van der Waals surface area contributed by atoms with E-state index in [2.05, 4.69) is 21.9 Å². The highest BCUT2D eigenvalue weighted by Crippen LogP contribution is 2.15. The molecule has 0 bridgehead atoms. The Morgan fingerprint density at radius 1 is 1.55 bits per heavy atom. The Labute approximate surface area is 65.1 Å². The summed E-state index contributed by atoms with van der Waals surface area (Å²) in [6.07, 6.45) is 3.57. The first-order chi connectivity index (χ1) is 5.27. The summed E-state index contributed by atoms with van der Waals surface area (Å²) in [5.74, 6) is 0.913. The number of rotatable bonds is 0. The van der Waals surface area contributed by atoms with Crippen molar-refractivity contribution in [1.82, 2.24) is 14.8 Å². The molecule has 58 valence electrons. The number of likely N-dealkylation sites (N-methyl/N-ethyl adjacent to an activating group) is 1. The highest BCUT2D eigenvalue weighted by atomic mass is 15.4. The van der Waals surface area contributed by atoms with Gasteiger partial charge in [0.25, 0.3) is 0 Å². The molecule has 4 nitrogen and oxygen atoms in total.